The van der Waals surface area contributed by atoms with Crippen LogP contribution in [0.15, 0.2) is 46.1 Å². The molecule has 0 aliphatic carbocycles. The van der Waals surface area contributed by atoms with Crippen LogP contribution in [0.3, 0.4) is 0 Å². The molecule has 1 amide bonds. The number of aryl methyl sites for hydroxylation is 1. The van der Waals surface area contributed by atoms with Crippen LogP contribution in [0, 0.1) is 0 Å². The van der Waals surface area contributed by atoms with Gasteiger partial charge >= 0.3 is 5.69 Å². The number of hydrogen-bond donors (Lipinski definition) is 2. The Bertz CT molecular complexity index is 1140. The van der Waals surface area contributed by atoms with Crippen molar-refractivity contribution >= 4 is 22.6 Å². The summed E-state index contributed by atoms with van der Waals surface area (Å²) >= 11 is 0. The van der Waals surface area contributed by atoms with Gasteiger partial charge in [0.25, 0.3) is 11.5 Å². The van der Waals surface area contributed by atoms with Crippen LogP contribution in [0.1, 0.15) is 50.0 Å². The van der Waals surface area contributed by atoms with Crippen LogP contribution in [0.2, 0.25) is 0 Å². The SMILES string of the molecule is CCCn1c(=O)[nH]c(=O)c2cc(C(=O)Nc3ccc(C(C)(C)C)cc3)cnc21. The quantitative estimate of drug-likeness (QED) is 0.727. The fourth-order valence-corrected chi connectivity index (χ4v) is 2.98. The highest BCUT2D eigenvalue weighted by molar-refractivity contribution is 6.05. The summed E-state index contributed by atoms with van der Waals surface area (Å²) in [4.78, 5) is 43.3. The van der Waals surface area contributed by atoms with E-state index in [0.717, 1.165) is 6.42 Å². The Hall–Kier alpha value is -3.22. The monoisotopic (exact) mass is 380 g/mol. The van der Waals surface area contributed by atoms with Crippen molar-refractivity contribution in [3.8, 4) is 0 Å². The maximum atomic E-state index is 12.6. The summed E-state index contributed by atoms with van der Waals surface area (Å²) in [6, 6.07) is 9.10. The van der Waals surface area contributed by atoms with Gasteiger partial charge in [0.05, 0.1) is 10.9 Å². The number of fused-ring (bicyclic) bond motifs is 1. The molecule has 0 fully saturated rings. The summed E-state index contributed by atoms with van der Waals surface area (Å²) in [5.41, 5.74) is 1.33. The Morgan fingerprint density at radius 1 is 1.18 bits per heavy atom. The maximum absolute atomic E-state index is 12.6. The minimum Gasteiger partial charge on any atom is -0.322 e. The molecule has 7 heteroatoms. The van der Waals surface area contributed by atoms with Gasteiger partial charge in [-0.2, -0.15) is 0 Å². The molecule has 0 unspecified atom stereocenters. The molecule has 0 radical (unpaired) electrons. The van der Waals surface area contributed by atoms with Gasteiger partial charge in [0.15, 0.2) is 0 Å². The lowest BCUT2D eigenvalue weighted by Gasteiger charge is -2.19. The molecule has 0 bridgehead atoms. The van der Waals surface area contributed by atoms with Crippen LogP contribution in [0.5, 0.6) is 0 Å². The third-order valence-corrected chi connectivity index (χ3v) is 4.55. The lowest BCUT2D eigenvalue weighted by molar-refractivity contribution is 0.102. The zero-order chi connectivity index (χ0) is 20.5. The molecule has 7 nitrogen and oxygen atoms in total. The van der Waals surface area contributed by atoms with E-state index >= 15 is 0 Å². The van der Waals surface area contributed by atoms with Gasteiger partial charge < -0.3 is 5.32 Å². The first-order valence-electron chi connectivity index (χ1n) is 9.25. The van der Waals surface area contributed by atoms with Crippen LogP contribution in [-0.4, -0.2) is 20.4 Å². The van der Waals surface area contributed by atoms with E-state index in [1.807, 2.05) is 31.2 Å². The molecular weight excluding hydrogens is 356 g/mol. The molecule has 0 saturated heterocycles. The van der Waals surface area contributed by atoms with Gasteiger partial charge in [0.1, 0.15) is 5.65 Å². The van der Waals surface area contributed by atoms with E-state index in [9.17, 15) is 14.4 Å². The third kappa shape index (κ3) is 3.88. The molecule has 0 spiro atoms. The Kier molecular flexibility index (Phi) is 5.18. The number of nitrogens with zero attached hydrogens (tertiary/aromatic N) is 2. The lowest BCUT2D eigenvalue weighted by Crippen LogP contribution is -2.31. The summed E-state index contributed by atoms with van der Waals surface area (Å²) in [7, 11) is 0. The summed E-state index contributed by atoms with van der Waals surface area (Å²) in [5.74, 6) is -0.370. The largest absolute Gasteiger partial charge is 0.329 e. The van der Waals surface area contributed by atoms with Crippen molar-refractivity contribution in [1.82, 2.24) is 14.5 Å². The number of carbonyl (C=O) groups excluding carboxylic acids is 1. The highest BCUT2D eigenvalue weighted by Crippen LogP contribution is 2.23. The number of H-pyrrole nitrogens is 1. The van der Waals surface area contributed by atoms with Gasteiger partial charge in [0, 0.05) is 18.4 Å². The smallest absolute Gasteiger partial charge is 0.322 e. The minimum atomic E-state index is -0.552. The molecule has 2 heterocycles. The predicted molar refractivity (Wildman–Crippen MR) is 110 cm³/mol. The van der Waals surface area contributed by atoms with Gasteiger partial charge in [-0.05, 0) is 35.6 Å². The molecule has 3 aromatic rings. The Morgan fingerprint density at radius 3 is 2.46 bits per heavy atom. The van der Waals surface area contributed by atoms with Crippen LogP contribution in [0.4, 0.5) is 5.69 Å². The molecule has 2 aromatic heterocycles. The molecule has 2 N–H and O–H groups in total. The fraction of sp³-hybridized carbons (Fsp3) is 0.333. The first-order chi connectivity index (χ1) is 13.2. The van der Waals surface area contributed by atoms with E-state index in [2.05, 4.69) is 36.1 Å². The summed E-state index contributed by atoms with van der Waals surface area (Å²) < 4.78 is 1.41. The molecular formula is C21H24N4O3. The summed E-state index contributed by atoms with van der Waals surface area (Å²) in [6.45, 7) is 8.73. The average molecular weight is 380 g/mol. The van der Waals surface area contributed by atoms with Crippen molar-refractivity contribution in [1.29, 1.82) is 0 Å². The number of aromatic nitrogens is 3. The fourth-order valence-electron chi connectivity index (χ4n) is 2.98. The Labute approximate surface area is 162 Å². The molecule has 0 atom stereocenters. The number of nitrogens with one attached hydrogen (secondary N) is 2. The molecule has 0 aliphatic heterocycles. The van der Waals surface area contributed by atoms with Crippen molar-refractivity contribution in [2.45, 2.75) is 46.1 Å². The maximum Gasteiger partial charge on any atom is 0.329 e. The second-order valence-corrected chi connectivity index (χ2v) is 7.79. The topological polar surface area (TPSA) is 96.9 Å². The first-order valence-corrected chi connectivity index (χ1v) is 9.25. The average Bonchev–Trinajstić information content (AvgIpc) is 2.64. The van der Waals surface area contributed by atoms with Crippen molar-refractivity contribution in [3.05, 3.63) is 68.5 Å². The van der Waals surface area contributed by atoms with E-state index in [-0.39, 0.29) is 27.9 Å². The predicted octanol–water partition coefficient (Wildman–Crippen LogP) is 3.04. The zero-order valence-electron chi connectivity index (χ0n) is 16.5. The van der Waals surface area contributed by atoms with E-state index in [1.54, 1.807) is 0 Å². The summed E-state index contributed by atoms with van der Waals surface area (Å²) in [6.07, 6.45) is 2.10. The van der Waals surface area contributed by atoms with Crippen molar-refractivity contribution in [2.24, 2.45) is 0 Å². The molecule has 1 aromatic carbocycles. The van der Waals surface area contributed by atoms with E-state index in [1.165, 1.54) is 22.4 Å². The van der Waals surface area contributed by atoms with Crippen molar-refractivity contribution < 1.29 is 4.79 Å². The van der Waals surface area contributed by atoms with E-state index in [0.29, 0.717) is 12.2 Å². The van der Waals surface area contributed by atoms with Crippen LogP contribution >= 0.6 is 0 Å². The van der Waals surface area contributed by atoms with Crippen LogP contribution in [0.25, 0.3) is 11.0 Å². The molecule has 0 saturated carbocycles. The number of aromatic amines is 1. The van der Waals surface area contributed by atoms with Gasteiger partial charge in [-0.3, -0.25) is 19.1 Å². The number of carbonyl (C=O) groups is 1. The first kappa shape index (κ1) is 19.5. The molecule has 3 rings (SSSR count). The zero-order valence-corrected chi connectivity index (χ0v) is 16.5. The highest BCUT2D eigenvalue weighted by Gasteiger charge is 2.15. The van der Waals surface area contributed by atoms with Gasteiger partial charge in [-0.1, -0.05) is 39.8 Å². The number of hydrogen-bond acceptors (Lipinski definition) is 4. The van der Waals surface area contributed by atoms with E-state index < -0.39 is 11.2 Å². The molecule has 28 heavy (non-hydrogen) atoms. The standard InChI is InChI=1S/C21H24N4O3/c1-5-10-25-17-16(19(27)24-20(25)28)11-13(12-22-17)18(26)23-15-8-6-14(7-9-15)21(2,3)4/h6-9,11-12H,5,10H2,1-4H3,(H,23,26)(H,24,27,28). The van der Waals surface area contributed by atoms with Crippen LogP contribution < -0.4 is 16.6 Å². The second-order valence-electron chi connectivity index (χ2n) is 7.79. The number of benzene rings is 1. The molecule has 0 aliphatic rings. The normalized spacial score (nSPS) is 11.6. The van der Waals surface area contributed by atoms with Crippen molar-refractivity contribution in [2.75, 3.05) is 5.32 Å². The Morgan fingerprint density at radius 2 is 1.86 bits per heavy atom. The lowest BCUT2D eigenvalue weighted by atomic mass is 9.87. The number of pyridine rings is 1. The Balaban J connectivity index is 1.92. The number of anilines is 1. The number of rotatable bonds is 4. The highest BCUT2D eigenvalue weighted by atomic mass is 16.2. The third-order valence-electron chi connectivity index (χ3n) is 4.55. The van der Waals surface area contributed by atoms with Gasteiger partial charge in [0.2, 0.25) is 0 Å². The molecule has 146 valence electrons. The van der Waals surface area contributed by atoms with Gasteiger partial charge in [-0.15, -0.1) is 0 Å². The summed E-state index contributed by atoms with van der Waals surface area (Å²) in [5, 5.41) is 3.02. The van der Waals surface area contributed by atoms with E-state index in [4.69, 9.17) is 0 Å². The van der Waals surface area contributed by atoms with Crippen molar-refractivity contribution in [3.63, 3.8) is 0 Å². The minimum absolute atomic E-state index is 0.0279. The van der Waals surface area contributed by atoms with Crippen LogP contribution in [-0.2, 0) is 12.0 Å². The van der Waals surface area contributed by atoms with Gasteiger partial charge in [-0.25, -0.2) is 9.78 Å². The number of amides is 1. The second kappa shape index (κ2) is 7.42.